The van der Waals surface area contributed by atoms with Crippen LogP contribution in [0.25, 0.3) is 88.6 Å². The lowest BCUT2D eigenvalue weighted by atomic mass is 9.93. The largest absolute Gasteiger partial charge is 0.344 e. The van der Waals surface area contributed by atoms with Gasteiger partial charge in [-0.3, -0.25) is 9.97 Å². The van der Waals surface area contributed by atoms with Gasteiger partial charge in [-0.05, 0) is 134 Å². The molecule has 0 N–H and O–H groups in total. The van der Waals surface area contributed by atoms with Crippen LogP contribution < -0.4 is 22.8 Å². The summed E-state index contributed by atoms with van der Waals surface area (Å²) in [5, 5.41) is 6.70. The molecule has 8 aromatic heterocycles. The maximum atomic E-state index is 4.56. The van der Waals surface area contributed by atoms with E-state index < -0.39 is 0 Å². The van der Waals surface area contributed by atoms with Crippen molar-refractivity contribution in [2.45, 2.75) is 201 Å². The molecule has 13 rings (SSSR count). The smallest absolute Gasteiger partial charge is 0.330 e. The molecule has 12 nitrogen and oxygen atoms in total. The molecule has 0 aliphatic rings. The normalized spacial score (nSPS) is 9.11. The van der Waals surface area contributed by atoms with Crippen LogP contribution in [0, 0.1) is 48.5 Å². The van der Waals surface area contributed by atoms with Gasteiger partial charge in [0.2, 0.25) is 5.52 Å². The predicted octanol–water partition coefficient (Wildman–Crippen LogP) is 23.0. The van der Waals surface area contributed by atoms with Crippen molar-refractivity contribution >= 4 is 43.5 Å². The Labute approximate surface area is 632 Å². The zero-order valence-corrected chi connectivity index (χ0v) is 71.5. The SMILES string of the molecule is CC.CC.CC.CC.CC.CC.CC.CC.CC.CC.CC.Cc1c(C)c2ccc[n+](C)c2c2c(C)cccc12.Cc1cc2c(cc1-c1nccc[n+]1C)c1ccccc1n2C.Cc1ccccc1-c1ccnc[n+]1C.Cc1ccncc1-c1ccnc[n+]1C.Cc1cnccc1-c1ccnc[n+]1C. The second-order valence-corrected chi connectivity index (χ2v) is 20.9. The molecule has 8 heterocycles. The molecule has 0 saturated heterocycles. The Morgan fingerprint density at radius 1 is 0.288 bits per heavy atom. The summed E-state index contributed by atoms with van der Waals surface area (Å²) in [6, 6.07) is 44.4. The van der Waals surface area contributed by atoms with Gasteiger partial charge in [0, 0.05) is 101 Å². The van der Waals surface area contributed by atoms with Crippen molar-refractivity contribution in [1.82, 2.24) is 34.5 Å². The van der Waals surface area contributed by atoms with Gasteiger partial charge in [-0.25, -0.2) is 22.8 Å². The highest BCUT2D eigenvalue weighted by Gasteiger charge is 2.20. The molecule has 5 aromatic carbocycles. The third-order valence-corrected chi connectivity index (χ3v) is 15.3. The van der Waals surface area contributed by atoms with Crippen molar-refractivity contribution in [2.24, 2.45) is 42.3 Å². The van der Waals surface area contributed by atoms with Crippen LogP contribution >= 0.6 is 0 Å². The third kappa shape index (κ3) is 27.8. The molecule has 104 heavy (non-hydrogen) atoms. The monoisotopic (exact) mass is 1410 g/mol. The summed E-state index contributed by atoms with van der Waals surface area (Å²) in [7, 11) is 12.3. The van der Waals surface area contributed by atoms with Crippen LogP contribution in [0.5, 0.6) is 0 Å². The number of para-hydroxylation sites is 1. The molecule has 0 aliphatic heterocycles. The topological polar surface area (TPSA) is 102 Å². The molecule has 0 atom stereocenters. The van der Waals surface area contributed by atoms with Crippen LogP contribution in [0.1, 0.15) is 191 Å². The highest BCUT2D eigenvalue weighted by Crippen LogP contribution is 2.34. The minimum absolute atomic E-state index is 0.995. The Morgan fingerprint density at radius 2 is 0.712 bits per heavy atom. The van der Waals surface area contributed by atoms with Gasteiger partial charge in [-0.1, -0.05) is 228 Å². The van der Waals surface area contributed by atoms with Gasteiger partial charge in [0.25, 0.3) is 19.0 Å². The number of aromatic nitrogens is 12. The summed E-state index contributed by atoms with van der Waals surface area (Å²) in [5.74, 6) is 0.995. The molecule has 0 aliphatic carbocycles. The van der Waals surface area contributed by atoms with Crippen LogP contribution in [-0.4, -0.2) is 34.5 Å². The first kappa shape index (κ1) is 98.4. The van der Waals surface area contributed by atoms with Crippen LogP contribution in [0.4, 0.5) is 0 Å². The molecule has 12 heteroatoms. The third-order valence-electron chi connectivity index (χ3n) is 15.3. The van der Waals surface area contributed by atoms with Crippen molar-refractivity contribution in [3.8, 4) is 45.2 Å². The van der Waals surface area contributed by atoms with Crippen LogP contribution in [0.3, 0.4) is 0 Å². The maximum Gasteiger partial charge on any atom is 0.330 e. The highest BCUT2D eigenvalue weighted by atomic mass is 15.0. The minimum atomic E-state index is 0.995. The Kier molecular flexibility index (Phi) is 54.5. The van der Waals surface area contributed by atoms with Crippen LogP contribution in [0.2, 0.25) is 0 Å². The fourth-order valence-corrected chi connectivity index (χ4v) is 10.7. The van der Waals surface area contributed by atoms with E-state index in [1.54, 1.807) is 31.2 Å². The van der Waals surface area contributed by atoms with Crippen LogP contribution in [0.15, 0.2) is 208 Å². The van der Waals surface area contributed by atoms with Gasteiger partial charge in [0.05, 0.1) is 50.7 Å². The zero-order chi connectivity index (χ0) is 80.0. The van der Waals surface area contributed by atoms with E-state index in [-0.39, 0.29) is 0 Å². The average Bonchev–Trinajstić information content (AvgIpc) is 0.857. The van der Waals surface area contributed by atoms with Gasteiger partial charge in [0.1, 0.15) is 48.9 Å². The van der Waals surface area contributed by atoms with E-state index in [1.807, 2.05) is 274 Å². The first-order valence-corrected chi connectivity index (χ1v) is 38.5. The van der Waals surface area contributed by atoms with E-state index in [0.717, 1.165) is 22.8 Å². The maximum absolute atomic E-state index is 4.56. The summed E-state index contributed by atoms with van der Waals surface area (Å²) in [5.41, 5.74) is 21.2. The zero-order valence-electron chi connectivity index (χ0n) is 71.5. The van der Waals surface area contributed by atoms with E-state index in [9.17, 15) is 0 Å². The number of fused-ring (bicyclic) bond motifs is 6. The molecular formula is C92H139N12+5. The lowest BCUT2D eigenvalue weighted by molar-refractivity contribution is -0.663. The Bertz CT molecular complexity index is 4010. The molecule has 0 unspecified atom stereocenters. The first-order chi connectivity index (χ1) is 50.6. The van der Waals surface area contributed by atoms with E-state index in [2.05, 4.69) is 203 Å². The molecule has 0 spiro atoms. The van der Waals surface area contributed by atoms with Crippen molar-refractivity contribution in [3.63, 3.8) is 0 Å². The molecular weight excluding hydrogens is 1270 g/mol. The summed E-state index contributed by atoms with van der Waals surface area (Å²) in [6.07, 6.45) is 24.2. The van der Waals surface area contributed by atoms with Crippen molar-refractivity contribution in [2.75, 3.05) is 0 Å². The van der Waals surface area contributed by atoms with E-state index in [0.29, 0.717) is 0 Å². The van der Waals surface area contributed by atoms with Crippen molar-refractivity contribution < 1.29 is 22.8 Å². The number of aryl methyl sites for hydroxylation is 13. The molecule has 0 radical (unpaired) electrons. The molecule has 0 amide bonds. The average molecular weight is 1410 g/mol. The predicted molar refractivity (Wildman–Crippen MR) is 454 cm³/mol. The fraction of sp³-hybridized carbons (Fsp3) is 0.380. The van der Waals surface area contributed by atoms with Crippen molar-refractivity contribution in [3.05, 3.63) is 247 Å². The quantitative estimate of drug-likeness (QED) is 0.128. The molecule has 562 valence electrons. The van der Waals surface area contributed by atoms with E-state index in [4.69, 9.17) is 0 Å². The Morgan fingerprint density at radius 3 is 1.22 bits per heavy atom. The molecule has 0 saturated carbocycles. The number of nitrogens with zero attached hydrogens (tertiary/aromatic N) is 12. The first-order valence-electron chi connectivity index (χ1n) is 38.5. The van der Waals surface area contributed by atoms with Gasteiger partial charge in [0.15, 0.2) is 6.20 Å². The highest BCUT2D eigenvalue weighted by molar-refractivity contribution is 6.10. The van der Waals surface area contributed by atoms with Gasteiger partial charge in [-0.15, -0.1) is 0 Å². The standard InChI is InChI=1S/C19H18N3.C17H18N.C12H13N2.2C11H12N3.11C2H6/c1-13-11-18-16(14-7-4-5-8-17(14)22(18)3)12-15(13)19-20-9-6-10-21(19)2;1-11-7-5-8-14-12(2)13(3)15-9-6-10-18(4)17(15)16(11)14;1-10-5-3-4-6-11(10)12-7-8-13-9-14(12)2;1-9-7-12-5-3-10(9)11-4-6-13-8-14(11)2;1-9-3-5-12-7-10(9)11-4-6-13-8-14(11)2;11*1-2/h4-12H,1-3H3;5-10H,1-4H3;3-9H,1-2H3;2*3-8H,1-2H3;11*1-2H3/q5*+1;;;;;;;;;;;. The Hall–Kier alpha value is -9.81. The second-order valence-electron chi connectivity index (χ2n) is 20.9. The fourth-order valence-electron chi connectivity index (χ4n) is 10.7. The van der Waals surface area contributed by atoms with E-state index in [1.165, 1.54) is 105 Å². The lowest BCUT2D eigenvalue weighted by Crippen LogP contribution is -2.31. The molecule has 0 bridgehead atoms. The van der Waals surface area contributed by atoms with Gasteiger partial charge < -0.3 is 4.57 Å². The van der Waals surface area contributed by atoms with E-state index >= 15 is 0 Å². The summed E-state index contributed by atoms with van der Waals surface area (Å²) < 4.78 is 12.6. The van der Waals surface area contributed by atoms with Gasteiger partial charge in [-0.2, -0.15) is 0 Å². The number of hydrogen-bond acceptors (Lipinski definition) is 6. The number of rotatable bonds is 4. The summed E-state index contributed by atoms with van der Waals surface area (Å²) >= 11 is 0. The number of benzene rings is 5. The lowest BCUT2D eigenvalue weighted by Gasteiger charge is -2.11. The summed E-state index contributed by atoms with van der Waals surface area (Å²) in [4.78, 5) is 24.9. The second kappa shape index (κ2) is 57.7. The number of pyridine rings is 3. The minimum Gasteiger partial charge on any atom is -0.344 e. The Balaban J connectivity index is -0.00000116. The van der Waals surface area contributed by atoms with Gasteiger partial charge >= 0.3 is 5.82 Å². The number of hydrogen-bond donors (Lipinski definition) is 0. The van der Waals surface area contributed by atoms with Crippen LogP contribution in [-0.2, 0) is 42.3 Å². The molecule has 0 fully saturated rings. The molecule has 13 aromatic rings. The van der Waals surface area contributed by atoms with Crippen molar-refractivity contribution in [1.29, 1.82) is 0 Å². The summed E-state index contributed by atoms with van der Waals surface area (Å²) in [6.45, 7) is 59.1.